The molecule has 0 N–H and O–H groups in total. The third-order valence-corrected chi connectivity index (χ3v) is 3.39. The molecule has 1 fully saturated rings. The lowest BCUT2D eigenvalue weighted by Gasteiger charge is -2.31. The second-order valence-corrected chi connectivity index (χ2v) is 4.98. The number of rotatable bonds is 5. The number of morpholine rings is 1. The van der Waals surface area contributed by atoms with Crippen LogP contribution in [0.5, 0.6) is 0 Å². The Kier molecular flexibility index (Phi) is 5.05. The Hall–Kier alpha value is -1.26. The highest BCUT2D eigenvalue weighted by molar-refractivity contribution is 5.82. The standard InChI is InChI=1S/C15H20FNO2/c1-2-15-11-17(7-8-19-15)10-14(18)9-12-3-5-13(16)6-4-12/h3-6,15H,2,7-11H2,1H3. The smallest absolute Gasteiger partial charge is 0.151 e. The van der Waals surface area contributed by atoms with Crippen molar-refractivity contribution >= 4 is 5.78 Å². The first-order valence-corrected chi connectivity index (χ1v) is 6.77. The maximum Gasteiger partial charge on any atom is 0.151 e. The molecule has 1 atom stereocenters. The lowest BCUT2D eigenvalue weighted by Crippen LogP contribution is -2.44. The molecule has 0 bridgehead atoms. The van der Waals surface area contributed by atoms with Crippen LogP contribution < -0.4 is 0 Å². The number of nitrogens with zero attached hydrogens (tertiary/aromatic N) is 1. The minimum Gasteiger partial charge on any atom is -0.376 e. The van der Waals surface area contributed by atoms with Gasteiger partial charge in [-0.1, -0.05) is 19.1 Å². The van der Waals surface area contributed by atoms with Gasteiger partial charge in [-0.05, 0) is 24.1 Å². The molecule has 0 aromatic heterocycles. The van der Waals surface area contributed by atoms with Crippen LogP contribution in [0.15, 0.2) is 24.3 Å². The van der Waals surface area contributed by atoms with E-state index < -0.39 is 0 Å². The van der Waals surface area contributed by atoms with Crippen LogP contribution in [-0.4, -0.2) is 43.0 Å². The first kappa shape index (κ1) is 14.2. The van der Waals surface area contributed by atoms with E-state index >= 15 is 0 Å². The van der Waals surface area contributed by atoms with Gasteiger partial charge in [0.25, 0.3) is 0 Å². The van der Waals surface area contributed by atoms with Crippen molar-refractivity contribution in [1.29, 1.82) is 0 Å². The molecule has 104 valence electrons. The molecule has 1 saturated heterocycles. The summed E-state index contributed by atoms with van der Waals surface area (Å²) in [5.74, 6) is -0.0986. The average molecular weight is 265 g/mol. The lowest BCUT2D eigenvalue weighted by molar-refractivity contribution is -0.121. The van der Waals surface area contributed by atoms with E-state index in [4.69, 9.17) is 4.74 Å². The van der Waals surface area contributed by atoms with Gasteiger partial charge in [-0.15, -0.1) is 0 Å². The number of carbonyl (C=O) groups is 1. The molecule has 0 radical (unpaired) electrons. The first-order valence-electron chi connectivity index (χ1n) is 6.77. The van der Waals surface area contributed by atoms with Crippen molar-refractivity contribution in [2.75, 3.05) is 26.2 Å². The van der Waals surface area contributed by atoms with Crippen molar-refractivity contribution in [3.05, 3.63) is 35.6 Å². The zero-order valence-electron chi connectivity index (χ0n) is 11.3. The van der Waals surface area contributed by atoms with E-state index in [1.165, 1.54) is 12.1 Å². The number of halogens is 1. The van der Waals surface area contributed by atoms with Crippen LogP contribution in [0.2, 0.25) is 0 Å². The van der Waals surface area contributed by atoms with E-state index in [-0.39, 0.29) is 17.7 Å². The summed E-state index contributed by atoms with van der Waals surface area (Å²) in [5.41, 5.74) is 0.867. The topological polar surface area (TPSA) is 29.5 Å². The maximum absolute atomic E-state index is 12.8. The SMILES string of the molecule is CCC1CN(CC(=O)Cc2ccc(F)cc2)CCO1. The average Bonchev–Trinajstić information content (AvgIpc) is 2.41. The molecule has 2 rings (SSSR count). The van der Waals surface area contributed by atoms with Crippen molar-refractivity contribution in [3.8, 4) is 0 Å². The Morgan fingerprint density at radius 3 is 2.84 bits per heavy atom. The molecule has 0 aliphatic carbocycles. The van der Waals surface area contributed by atoms with Crippen LogP contribution in [0, 0.1) is 5.82 Å². The molecule has 1 aromatic carbocycles. The molecule has 19 heavy (non-hydrogen) atoms. The molecule has 0 spiro atoms. The Morgan fingerprint density at radius 2 is 2.16 bits per heavy atom. The van der Waals surface area contributed by atoms with Gasteiger partial charge in [0.05, 0.1) is 19.3 Å². The minimum atomic E-state index is -0.268. The van der Waals surface area contributed by atoms with Crippen molar-refractivity contribution in [3.63, 3.8) is 0 Å². The van der Waals surface area contributed by atoms with Crippen molar-refractivity contribution < 1.29 is 13.9 Å². The molecule has 1 aliphatic heterocycles. The maximum atomic E-state index is 12.8. The number of ketones is 1. The molecule has 0 amide bonds. The van der Waals surface area contributed by atoms with E-state index in [0.29, 0.717) is 19.6 Å². The second kappa shape index (κ2) is 6.78. The monoisotopic (exact) mass is 265 g/mol. The van der Waals surface area contributed by atoms with Gasteiger partial charge >= 0.3 is 0 Å². The van der Waals surface area contributed by atoms with Crippen LogP contribution >= 0.6 is 0 Å². The minimum absolute atomic E-state index is 0.170. The molecule has 0 saturated carbocycles. The molecule has 1 unspecified atom stereocenters. The number of hydrogen-bond acceptors (Lipinski definition) is 3. The number of benzene rings is 1. The molecule has 4 heteroatoms. The van der Waals surface area contributed by atoms with Crippen molar-refractivity contribution in [2.45, 2.75) is 25.9 Å². The normalized spacial score (nSPS) is 20.4. The van der Waals surface area contributed by atoms with Gasteiger partial charge in [0, 0.05) is 19.5 Å². The summed E-state index contributed by atoms with van der Waals surface area (Å²) in [5, 5.41) is 0. The van der Waals surface area contributed by atoms with Gasteiger partial charge in [-0.3, -0.25) is 9.69 Å². The second-order valence-electron chi connectivity index (χ2n) is 4.98. The highest BCUT2D eigenvalue weighted by Crippen LogP contribution is 2.09. The van der Waals surface area contributed by atoms with E-state index in [0.717, 1.165) is 25.1 Å². The van der Waals surface area contributed by atoms with Gasteiger partial charge < -0.3 is 4.74 Å². The summed E-state index contributed by atoms with van der Waals surface area (Å²) in [4.78, 5) is 14.1. The fourth-order valence-corrected chi connectivity index (χ4v) is 2.31. The Morgan fingerprint density at radius 1 is 1.42 bits per heavy atom. The van der Waals surface area contributed by atoms with E-state index in [1.54, 1.807) is 12.1 Å². The number of hydrogen-bond donors (Lipinski definition) is 0. The van der Waals surface area contributed by atoms with Gasteiger partial charge in [0.15, 0.2) is 5.78 Å². The van der Waals surface area contributed by atoms with Crippen LogP contribution in [-0.2, 0) is 16.0 Å². The molecular weight excluding hydrogens is 245 g/mol. The van der Waals surface area contributed by atoms with Crippen molar-refractivity contribution in [2.24, 2.45) is 0 Å². The quantitative estimate of drug-likeness (QED) is 0.816. The Balaban J connectivity index is 1.82. The summed E-state index contributed by atoms with van der Waals surface area (Å²) in [7, 11) is 0. The fourth-order valence-electron chi connectivity index (χ4n) is 2.31. The van der Waals surface area contributed by atoms with Gasteiger partial charge in [-0.2, -0.15) is 0 Å². The first-order chi connectivity index (χ1) is 9.17. The highest BCUT2D eigenvalue weighted by Gasteiger charge is 2.20. The largest absolute Gasteiger partial charge is 0.376 e. The van der Waals surface area contributed by atoms with Crippen molar-refractivity contribution in [1.82, 2.24) is 4.90 Å². The predicted molar refractivity (Wildman–Crippen MR) is 71.6 cm³/mol. The Labute approximate surface area is 113 Å². The van der Waals surface area contributed by atoms with Crippen LogP contribution in [0.3, 0.4) is 0 Å². The summed E-state index contributed by atoms with van der Waals surface area (Å²) in [6, 6.07) is 6.12. The molecule has 1 heterocycles. The van der Waals surface area contributed by atoms with E-state index in [9.17, 15) is 9.18 Å². The van der Waals surface area contributed by atoms with Crippen LogP contribution in [0.25, 0.3) is 0 Å². The summed E-state index contributed by atoms with van der Waals surface area (Å²) in [6.45, 7) is 4.88. The zero-order valence-corrected chi connectivity index (χ0v) is 11.3. The summed E-state index contributed by atoms with van der Waals surface area (Å²) in [6.07, 6.45) is 1.59. The third kappa shape index (κ3) is 4.40. The van der Waals surface area contributed by atoms with Gasteiger partial charge in [0.2, 0.25) is 0 Å². The van der Waals surface area contributed by atoms with E-state index in [1.807, 2.05) is 0 Å². The zero-order chi connectivity index (χ0) is 13.7. The fraction of sp³-hybridized carbons (Fsp3) is 0.533. The highest BCUT2D eigenvalue weighted by atomic mass is 19.1. The van der Waals surface area contributed by atoms with Gasteiger partial charge in [-0.25, -0.2) is 4.39 Å². The summed E-state index contributed by atoms with van der Waals surface area (Å²) >= 11 is 0. The van der Waals surface area contributed by atoms with Crippen LogP contribution in [0.4, 0.5) is 4.39 Å². The number of Topliss-reactive ketones (excluding diaryl/α,β-unsaturated/α-hetero) is 1. The van der Waals surface area contributed by atoms with E-state index in [2.05, 4.69) is 11.8 Å². The molecule has 1 aliphatic rings. The molecule has 3 nitrogen and oxygen atoms in total. The molecule has 1 aromatic rings. The number of carbonyl (C=O) groups excluding carboxylic acids is 1. The molecular formula is C15H20FNO2. The predicted octanol–water partition coefficient (Wildman–Crippen LogP) is 2.05. The Bertz CT molecular complexity index is 419. The van der Waals surface area contributed by atoms with Crippen LogP contribution in [0.1, 0.15) is 18.9 Å². The van der Waals surface area contributed by atoms with Gasteiger partial charge in [0.1, 0.15) is 5.82 Å². The lowest BCUT2D eigenvalue weighted by atomic mass is 10.1. The summed E-state index contributed by atoms with van der Waals surface area (Å²) < 4.78 is 18.3. The number of ether oxygens (including phenoxy) is 1. The third-order valence-electron chi connectivity index (χ3n) is 3.39.